The van der Waals surface area contributed by atoms with Gasteiger partial charge in [-0.25, -0.2) is 0 Å². The number of methoxy groups -OCH3 is 1. The van der Waals surface area contributed by atoms with Crippen LogP contribution in [0.25, 0.3) is 6.08 Å². The number of hydrogen-bond acceptors (Lipinski definition) is 6. The molecule has 1 aliphatic rings. The van der Waals surface area contributed by atoms with Crippen LogP contribution in [0.2, 0.25) is 0 Å². The number of thioether (sulfide) groups is 1. The molecule has 1 heterocycles. The Labute approximate surface area is 168 Å². The molecule has 0 atom stereocenters. The number of carbonyl (C=O) groups excluding carboxylic acids is 1. The summed E-state index contributed by atoms with van der Waals surface area (Å²) in [7, 11) is 5.57. The minimum atomic E-state index is -0.239. The Balaban J connectivity index is 1.79. The molecule has 0 radical (unpaired) electrons. The number of nitrogens with zero attached hydrogens (tertiary/aromatic N) is 3. The lowest BCUT2D eigenvalue weighted by atomic mass is 10.2. The Hall–Kier alpha value is -2.64. The van der Waals surface area contributed by atoms with Gasteiger partial charge >= 0.3 is 0 Å². The van der Waals surface area contributed by atoms with Gasteiger partial charge in [0.25, 0.3) is 5.91 Å². The molecule has 1 saturated heterocycles. The third kappa shape index (κ3) is 4.37. The van der Waals surface area contributed by atoms with Gasteiger partial charge in [-0.15, -0.1) is 0 Å². The molecule has 5 nitrogen and oxygen atoms in total. The van der Waals surface area contributed by atoms with Crippen LogP contribution < -0.4 is 9.64 Å². The van der Waals surface area contributed by atoms with Gasteiger partial charge in [-0.1, -0.05) is 42.1 Å². The highest BCUT2D eigenvalue weighted by Crippen LogP contribution is 2.34. The van der Waals surface area contributed by atoms with Crippen LogP contribution in [0.15, 0.2) is 58.5 Å². The summed E-state index contributed by atoms with van der Waals surface area (Å²) in [4.78, 5) is 15.2. The van der Waals surface area contributed by atoms with Crippen LogP contribution in [0.4, 0.5) is 5.69 Å². The molecule has 0 aliphatic carbocycles. The summed E-state index contributed by atoms with van der Waals surface area (Å²) in [5.74, 6) is 0.462. The van der Waals surface area contributed by atoms with E-state index in [1.165, 1.54) is 16.8 Å². The molecular weight excluding hydrogens is 378 g/mol. The molecule has 3 rings (SSSR count). The molecule has 1 fully saturated rings. The van der Waals surface area contributed by atoms with Crippen LogP contribution in [-0.4, -0.2) is 42.7 Å². The molecule has 0 N–H and O–H groups in total. The van der Waals surface area contributed by atoms with Crippen molar-refractivity contribution in [3.63, 3.8) is 0 Å². The largest absolute Gasteiger partial charge is 0.496 e. The molecule has 27 heavy (non-hydrogen) atoms. The van der Waals surface area contributed by atoms with E-state index in [0.29, 0.717) is 15.0 Å². The van der Waals surface area contributed by atoms with Crippen LogP contribution in [-0.2, 0) is 4.79 Å². The van der Waals surface area contributed by atoms with Gasteiger partial charge in [-0.2, -0.15) is 10.1 Å². The van der Waals surface area contributed by atoms with E-state index in [1.807, 2.05) is 67.5 Å². The number of hydrazone groups is 1. The number of ether oxygens (including phenoxy) is 1. The quantitative estimate of drug-likeness (QED) is 0.434. The van der Waals surface area contributed by atoms with Gasteiger partial charge in [0.05, 0.1) is 18.2 Å². The third-order valence-electron chi connectivity index (χ3n) is 3.93. The van der Waals surface area contributed by atoms with Crippen LogP contribution in [0.1, 0.15) is 11.1 Å². The first-order valence-corrected chi connectivity index (χ1v) is 9.44. The summed E-state index contributed by atoms with van der Waals surface area (Å²) in [6, 6.07) is 15.4. The number of rotatable bonds is 5. The second-order valence-corrected chi connectivity index (χ2v) is 7.64. The zero-order valence-electron chi connectivity index (χ0n) is 15.2. The second kappa shape index (κ2) is 8.37. The first-order chi connectivity index (χ1) is 13.0. The molecule has 1 amide bonds. The number of benzene rings is 2. The Kier molecular flexibility index (Phi) is 5.93. The molecule has 0 bridgehead atoms. The fourth-order valence-electron chi connectivity index (χ4n) is 2.47. The predicted molar refractivity (Wildman–Crippen MR) is 116 cm³/mol. The second-order valence-electron chi connectivity index (χ2n) is 5.97. The highest BCUT2D eigenvalue weighted by Gasteiger charge is 2.32. The lowest BCUT2D eigenvalue weighted by Gasteiger charge is -2.12. The average Bonchev–Trinajstić information content (AvgIpc) is 2.94. The van der Waals surface area contributed by atoms with Crippen molar-refractivity contribution >= 4 is 52.2 Å². The normalized spacial score (nSPS) is 15.8. The average molecular weight is 398 g/mol. The van der Waals surface area contributed by atoms with Crippen LogP contribution in [0, 0.1) is 0 Å². The summed E-state index contributed by atoms with van der Waals surface area (Å²) in [6.07, 6.45) is 3.41. The first kappa shape index (κ1) is 19.1. The summed E-state index contributed by atoms with van der Waals surface area (Å²) in [6.45, 7) is 0. The smallest absolute Gasteiger partial charge is 0.286 e. The molecule has 0 saturated carbocycles. The predicted octanol–water partition coefficient (Wildman–Crippen LogP) is 4.00. The Morgan fingerprint density at radius 1 is 1.15 bits per heavy atom. The maximum absolute atomic E-state index is 12.7. The van der Waals surface area contributed by atoms with Gasteiger partial charge in [0.1, 0.15) is 5.75 Å². The van der Waals surface area contributed by atoms with Crippen molar-refractivity contribution < 1.29 is 9.53 Å². The van der Waals surface area contributed by atoms with Gasteiger partial charge in [-0.05, 0) is 42.1 Å². The molecule has 2 aromatic carbocycles. The Morgan fingerprint density at radius 2 is 1.85 bits per heavy atom. The monoisotopic (exact) mass is 397 g/mol. The minimum absolute atomic E-state index is 0.239. The SMILES string of the molecule is COc1ccccc1C=C1SC(=S)N(N=Cc2ccc(N(C)C)cc2)C1=O. The summed E-state index contributed by atoms with van der Waals surface area (Å²) < 4.78 is 5.74. The van der Waals surface area contributed by atoms with Crippen molar-refractivity contribution in [2.75, 3.05) is 26.1 Å². The van der Waals surface area contributed by atoms with E-state index in [1.54, 1.807) is 19.4 Å². The molecule has 2 aromatic rings. The third-order valence-corrected chi connectivity index (χ3v) is 5.21. The van der Waals surface area contributed by atoms with Gasteiger partial charge in [0.15, 0.2) is 4.32 Å². The summed E-state index contributed by atoms with van der Waals surface area (Å²) in [5.41, 5.74) is 2.81. The standard InChI is InChI=1S/C20H19N3O2S2/c1-22(2)16-10-8-14(9-11-16)13-21-23-19(24)18(27-20(23)26)12-15-6-4-5-7-17(15)25-3/h4-13H,1-3H3. The fourth-order valence-corrected chi connectivity index (χ4v) is 3.63. The lowest BCUT2D eigenvalue weighted by molar-refractivity contribution is -0.122. The number of carbonyl (C=O) groups is 1. The molecular formula is C20H19N3O2S2. The van der Waals surface area contributed by atoms with Gasteiger partial charge in [-0.3, -0.25) is 4.79 Å². The van der Waals surface area contributed by atoms with Gasteiger partial charge in [0.2, 0.25) is 0 Å². The number of anilines is 1. The van der Waals surface area contributed by atoms with Gasteiger partial charge in [0, 0.05) is 25.3 Å². The molecule has 1 aliphatic heterocycles. The maximum Gasteiger partial charge on any atom is 0.286 e. The summed E-state index contributed by atoms with van der Waals surface area (Å²) in [5, 5.41) is 5.53. The fraction of sp³-hybridized carbons (Fsp3) is 0.150. The highest BCUT2D eigenvalue weighted by atomic mass is 32.2. The number of hydrogen-bond donors (Lipinski definition) is 0. The molecule has 0 aromatic heterocycles. The van der Waals surface area contributed by atoms with E-state index in [-0.39, 0.29) is 5.91 Å². The number of para-hydroxylation sites is 1. The zero-order valence-corrected chi connectivity index (χ0v) is 16.9. The lowest BCUT2D eigenvalue weighted by Crippen LogP contribution is -2.22. The van der Waals surface area contributed by atoms with E-state index in [0.717, 1.165) is 16.8 Å². The van der Waals surface area contributed by atoms with Crippen molar-refractivity contribution in [2.24, 2.45) is 5.10 Å². The maximum atomic E-state index is 12.7. The Morgan fingerprint density at radius 3 is 2.52 bits per heavy atom. The summed E-state index contributed by atoms with van der Waals surface area (Å²) >= 11 is 6.55. The minimum Gasteiger partial charge on any atom is -0.496 e. The van der Waals surface area contributed by atoms with E-state index in [9.17, 15) is 4.79 Å². The number of amides is 1. The highest BCUT2D eigenvalue weighted by molar-refractivity contribution is 8.26. The van der Waals surface area contributed by atoms with Crippen LogP contribution in [0.5, 0.6) is 5.75 Å². The van der Waals surface area contributed by atoms with E-state index < -0.39 is 0 Å². The Bertz CT molecular complexity index is 921. The topological polar surface area (TPSA) is 45.1 Å². The van der Waals surface area contributed by atoms with E-state index >= 15 is 0 Å². The first-order valence-electron chi connectivity index (χ1n) is 8.22. The van der Waals surface area contributed by atoms with E-state index in [4.69, 9.17) is 17.0 Å². The van der Waals surface area contributed by atoms with E-state index in [2.05, 4.69) is 5.10 Å². The van der Waals surface area contributed by atoms with Crippen molar-refractivity contribution in [3.8, 4) is 5.75 Å². The molecule has 138 valence electrons. The van der Waals surface area contributed by atoms with Crippen LogP contribution in [0.3, 0.4) is 0 Å². The van der Waals surface area contributed by atoms with Crippen molar-refractivity contribution in [2.45, 2.75) is 0 Å². The van der Waals surface area contributed by atoms with Crippen molar-refractivity contribution in [3.05, 3.63) is 64.6 Å². The van der Waals surface area contributed by atoms with Crippen molar-refractivity contribution in [1.29, 1.82) is 0 Å². The molecule has 0 spiro atoms. The van der Waals surface area contributed by atoms with Crippen molar-refractivity contribution in [1.82, 2.24) is 5.01 Å². The van der Waals surface area contributed by atoms with Gasteiger partial charge < -0.3 is 9.64 Å². The molecule has 0 unspecified atom stereocenters. The number of thiocarbonyl (C=S) groups is 1. The zero-order chi connectivity index (χ0) is 19.4. The molecule has 7 heteroatoms. The van der Waals surface area contributed by atoms with Crippen LogP contribution >= 0.6 is 24.0 Å².